The van der Waals surface area contributed by atoms with Crippen molar-refractivity contribution in [3.05, 3.63) is 53.9 Å². The molecule has 2 N–H and O–H groups in total. The van der Waals surface area contributed by atoms with Gasteiger partial charge in [0.25, 0.3) is 0 Å². The van der Waals surface area contributed by atoms with Crippen molar-refractivity contribution in [2.75, 3.05) is 26.7 Å². The maximum atomic E-state index is 5.88. The molecular weight excluding hydrogens is 288 g/mol. The molecule has 5 nitrogen and oxygen atoms in total. The van der Waals surface area contributed by atoms with Gasteiger partial charge in [-0.3, -0.25) is 4.99 Å². The van der Waals surface area contributed by atoms with E-state index in [-0.39, 0.29) is 0 Å². The van der Waals surface area contributed by atoms with Crippen molar-refractivity contribution in [3.8, 4) is 5.75 Å². The van der Waals surface area contributed by atoms with Gasteiger partial charge >= 0.3 is 0 Å². The van der Waals surface area contributed by atoms with Crippen LogP contribution in [0.5, 0.6) is 5.75 Å². The van der Waals surface area contributed by atoms with Crippen LogP contribution in [-0.2, 0) is 6.54 Å². The highest BCUT2D eigenvalue weighted by molar-refractivity contribution is 5.79. The van der Waals surface area contributed by atoms with Crippen molar-refractivity contribution in [3.63, 3.8) is 0 Å². The first-order valence-electron chi connectivity index (χ1n) is 7.95. The zero-order chi connectivity index (χ0) is 16.5. The Hall–Kier alpha value is -2.43. The molecule has 0 unspecified atom stereocenters. The smallest absolute Gasteiger partial charge is 0.191 e. The fourth-order valence-corrected chi connectivity index (χ4v) is 2.39. The standard InChI is InChI=1S/C18H26N4O/c1-15-7-6-8-16(2)17(15)23-14-10-21-18(19-3)20-9-13-22-11-4-5-12-22/h4-8,11-12H,9-10,13-14H2,1-3H3,(H2,19,20,21). The van der Waals surface area contributed by atoms with Gasteiger partial charge in [-0.05, 0) is 37.1 Å². The quantitative estimate of drug-likeness (QED) is 0.468. The van der Waals surface area contributed by atoms with E-state index in [1.54, 1.807) is 7.05 Å². The van der Waals surface area contributed by atoms with E-state index in [1.165, 1.54) is 11.1 Å². The highest BCUT2D eigenvalue weighted by Crippen LogP contribution is 2.21. The van der Waals surface area contributed by atoms with Gasteiger partial charge < -0.3 is 19.9 Å². The first kappa shape index (κ1) is 16.9. The number of aryl methyl sites for hydroxylation is 2. The number of rotatable bonds is 7. The normalized spacial score (nSPS) is 11.3. The molecule has 0 fully saturated rings. The molecule has 0 aliphatic rings. The maximum Gasteiger partial charge on any atom is 0.191 e. The largest absolute Gasteiger partial charge is 0.491 e. The van der Waals surface area contributed by atoms with Gasteiger partial charge in [-0.25, -0.2) is 0 Å². The van der Waals surface area contributed by atoms with Crippen LogP contribution in [0.4, 0.5) is 0 Å². The first-order valence-corrected chi connectivity index (χ1v) is 7.95. The summed E-state index contributed by atoms with van der Waals surface area (Å²) in [6.45, 7) is 7.18. The number of aromatic nitrogens is 1. The highest BCUT2D eigenvalue weighted by Gasteiger charge is 2.03. The minimum Gasteiger partial charge on any atom is -0.491 e. The third kappa shape index (κ3) is 5.36. The van der Waals surface area contributed by atoms with Crippen molar-refractivity contribution in [2.24, 2.45) is 4.99 Å². The summed E-state index contributed by atoms with van der Waals surface area (Å²) in [5, 5.41) is 6.55. The van der Waals surface area contributed by atoms with Gasteiger partial charge in [0.2, 0.25) is 0 Å². The number of aliphatic imine (C=N–C) groups is 1. The molecule has 0 spiro atoms. The van der Waals surface area contributed by atoms with Gasteiger partial charge in [-0.15, -0.1) is 0 Å². The predicted molar refractivity (Wildman–Crippen MR) is 95.2 cm³/mol. The van der Waals surface area contributed by atoms with Crippen LogP contribution in [0, 0.1) is 13.8 Å². The number of para-hydroxylation sites is 1. The number of hydrogen-bond acceptors (Lipinski definition) is 2. The summed E-state index contributed by atoms with van der Waals surface area (Å²) in [5.41, 5.74) is 2.33. The van der Waals surface area contributed by atoms with Crippen LogP contribution in [0.1, 0.15) is 11.1 Å². The summed E-state index contributed by atoms with van der Waals surface area (Å²) in [7, 11) is 1.78. The summed E-state index contributed by atoms with van der Waals surface area (Å²) in [6, 6.07) is 10.2. The van der Waals surface area contributed by atoms with Crippen LogP contribution in [0.15, 0.2) is 47.7 Å². The van der Waals surface area contributed by atoms with Gasteiger partial charge in [0.15, 0.2) is 5.96 Å². The molecule has 0 saturated carbocycles. The maximum absolute atomic E-state index is 5.88. The second-order valence-corrected chi connectivity index (χ2v) is 5.42. The fourth-order valence-electron chi connectivity index (χ4n) is 2.39. The Morgan fingerprint density at radius 1 is 1.04 bits per heavy atom. The van der Waals surface area contributed by atoms with E-state index in [2.05, 4.69) is 58.6 Å². The first-order chi connectivity index (χ1) is 11.2. The summed E-state index contributed by atoms with van der Waals surface area (Å²) in [4.78, 5) is 4.22. The van der Waals surface area contributed by atoms with E-state index in [0.717, 1.165) is 24.8 Å². The second kappa shape index (κ2) is 8.88. The van der Waals surface area contributed by atoms with Crippen LogP contribution >= 0.6 is 0 Å². The highest BCUT2D eigenvalue weighted by atomic mass is 16.5. The Kier molecular flexibility index (Phi) is 6.54. The minimum absolute atomic E-state index is 0.601. The molecule has 1 aromatic carbocycles. The molecule has 0 aliphatic heterocycles. The van der Waals surface area contributed by atoms with Crippen molar-refractivity contribution < 1.29 is 4.74 Å². The zero-order valence-corrected chi connectivity index (χ0v) is 14.2. The lowest BCUT2D eigenvalue weighted by molar-refractivity contribution is 0.317. The Morgan fingerprint density at radius 3 is 2.35 bits per heavy atom. The van der Waals surface area contributed by atoms with Crippen molar-refractivity contribution >= 4 is 5.96 Å². The molecule has 0 atom stereocenters. The van der Waals surface area contributed by atoms with Crippen LogP contribution in [-0.4, -0.2) is 37.3 Å². The van der Waals surface area contributed by atoms with E-state index in [0.29, 0.717) is 13.2 Å². The van der Waals surface area contributed by atoms with E-state index in [4.69, 9.17) is 4.74 Å². The monoisotopic (exact) mass is 314 g/mol. The van der Waals surface area contributed by atoms with Crippen molar-refractivity contribution in [2.45, 2.75) is 20.4 Å². The van der Waals surface area contributed by atoms with E-state index in [9.17, 15) is 0 Å². The van der Waals surface area contributed by atoms with Crippen LogP contribution < -0.4 is 15.4 Å². The molecule has 2 aromatic rings. The molecule has 0 radical (unpaired) electrons. The molecule has 124 valence electrons. The van der Waals surface area contributed by atoms with Crippen molar-refractivity contribution in [1.29, 1.82) is 0 Å². The molecule has 1 heterocycles. The summed E-state index contributed by atoms with van der Waals surface area (Å²) in [6.07, 6.45) is 4.10. The Balaban J connectivity index is 1.67. The van der Waals surface area contributed by atoms with Gasteiger partial charge in [-0.2, -0.15) is 0 Å². The molecule has 0 aliphatic carbocycles. The van der Waals surface area contributed by atoms with E-state index in [1.807, 2.05) is 18.2 Å². The Bertz CT molecular complexity index is 600. The zero-order valence-electron chi connectivity index (χ0n) is 14.2. The second-order valence-electron chi connectivity index (χ2n) is 5.42. The third-order valence-corrected chi connectivity index (χ3v) is 3.60. The molecule has 2 rings (SSSR count). The number of nitrogens with zero attached hydrogens (tertiary/aromatic N) is 2. The Labute approximate surface area is 138 Å². The van der Waals surface area contributed by atoms with Gasteiger partial charge in [-0.1, -0.05) is 18.2 Å². The molecule has 0 saturated heterocycles. The minimum atomic E-state index is 0.601. The number of hydrogen-bond donors (Lipinski definition) is 2. The fraction of sp³-hybridized carbons (Fsp3) is 0.389. The summed E-state index contributed by atoms with van der Waals surface area (Å²) >= 11 is 0. The molecule has 1 aromatic heterocycles. The van der Waals surface area contributed by atoms with E-state index >= 15 is 0 Å². The van der Waals surface area contributed by atoms with Gasteiger partial charge in [0.05, 0.1) is 6.54 Å². The average Bonchev–Trinajstić information content (AvgIpc) is 3.05. The summed E-state index contributed by atoms with van der Waals surface area (Å²) < 4.78 is 8.01. The van der Waals surface area contributed by atoms with Gasteiger partial charge in [0, 0.05) is 32.5 Å². The summed E-state index contributed by atoms with van der Waals surface area (Å²) in [5.74, 6) is 1.77. The topological polar surface area (TPSA) is 50.6 Å². The number of nitrogens with one attached hydrogen (secondary N) is 2. The van der Waals surface area contributed by atoms with E-state index < -0.39 is 0 Å². The molecule has 23 heavy (non-hydrogen) atoms. The number of guanidine groups is 1. The van der Waals surface area contributed by atoms with Gasteiger partial charge in [0.1, 0.15) is 12.4 Å². The molecular formula is C18H26N4O. The number of ether oxygens (including phenoxy) is 1. The average molecular weight is 314 g/mol. The third-order valence-electron chi connectivity index (χ3n) is 3.60. The lowest BCUT2D eigenvalue weighted by atomic mass is 10.1. The van der Waals surface area contributed by atoms with Crippen LogP contribution in [0.3, 0.4) is 0 Å². The van der Waals surface area contributed by atoms with Crippen LogP contribution in [0.25, 0.3) is 0 Å². The number of benzene rings is 1. The van der Waals surface area contributed by atoms with Crippen LogP contribution in [0.2, 0.25) is 0 Å². The SMILES string of the molecule is CN=C(NCCOc1c(C)cccc1C)NCCn1cccc1. The Morgan fingerprint density at radius 2 is 1.70 bits per heavy atom. The lowest BCUT2D eigenvalue weighted by Crippen LogP contribution is -2.40. The lowest BCUT2D eigenvalue weighted by Gasteiger charge is -2.14. The molecule has 0 amide bonds. The molecule has 0 bridgehead atoms. The molecule has 5 heteroatoms. The van der Waals surface area contributed by atoms with Crippen molar-refractivity contribution in [1.82, 2.24) is 15.2 Å². The predicted octanol–water partition coefficient (Wildman–Crippen LogP) is 2.35.